The molecule has 1 saturated heterocycles. The van der Waals surface area contributed by atoms with Crippen molar-refractivity contribution in [3.8, 4) is 0 Å². The van der Waals surface area contributed by atoms with Crippen molar-refractivity contribution >= 4 is 5.97 Å². The average Bonchev–Trinajstić information content (AvgIpc) is 2.69. The zero-order valence-electron chi connectivity index (χ0n) is 9.95. The molecule has 88 valence electrons. The van der Waals surface area contributed by atoms with Crippen LogP contribution in [0.3, 0.4) is 0 Å². The summed E-state index contributed by atoms with van der Waals surface area (Å²) in [5.41, 5.74) is 0. The van der Waals surface area contributed by atoms with E-state index in [1.54, 1.807) is 0 Å². The fraction of sp³-hybridized carbons (Fsp3) is 0.909. The van der Waals surface area contributed by atoms with Gasteiger partial charge in [-0.3, -0.25) is 9.69 Å². The van der Waals surface area contributed by atoms with E-state index in [0.717, 1.165) is 13.1 Å². The van der Waals surface area contributed by atoms with Crippen LogP contribution in [0.25, 0.3) is 0 Å². The van der Waals surface area contributed by atoms with E-state index in [2.05, 4.69) is 24.2 Å². The van der Waals surface area contributed by atoms with Gasteiger partial charge >= 0.3 is 5.97 Å². The molecule has 0 aromatic rings. The minimum absolute atomic E-state index is 0.0946. The molecule has 2 unspecified atom stereocenters. The first-order chi connectivity index (χ1) is 7.15. The zero-order chi connectivity index (χ0) is 11.3. The van der Waals surface area contributed by atoms with E-state index >= 15 is 0 Å². The van der Waals surface area contributed by atoms with Crippen LogP contribution < -0.4 is 5.32 Å². The lowest BCUT2D eigenvalue weighted by Gasteiger charge is -2.29. The molecule has 15 heavy (non-hydrogen) atoms. The van der Waals surface area contributed by atoms with Crippen LogP contribution in [-0.2, 0) is 9.53 Å². The Bertz CT molecular complexity index is 203. The molecule has 0 aliphatic carbocycles. The topological polar surface area (TPSA) is 41.6 Å². The molecular weight excluding hydrogens is 192 g/mol. The van der Waals surface area contributed by atoms with Crippen molar-refractivity contribution in [2.75, 3.05) is 26.7 Å². The van der Waals surface area contributed by atoms with E-state index in [1.165, 1.54) is 6.42 Å². The number of nitrogens with one attached hydrogen (secondary N) is 1. The number of likely N-dealkylation sites (N-methyl/N-ethyl adjacent to an activating group) is 1. The van der Waals surface area contributed by atoms with E-state index in [9.17, 15) is 4.79 Å². The molecule has 0 bridgehead atoms. The van der Waals surface area contributed by atoms with Crippen molar-refractivity contribution in [1.82, 2.24) is 10.2 Å². The van der Waals surface area contributed by atoms with Crippen molar-refractivity contribution in [2.45, 2.75) is 38.8 Å². The third kappa shape index (κ3) is 3.80. The normalized spacial score (nSPS) is 23.1. The molecule has 1 aliphatic rings. The summed E-state index contributed by atoms with van der Waals surface area (Å²) in [6, 6.07) is 0.823. The second-order valence-electron chi connectivity index (χ2n) is 4.17. The minimum Gasteiger partial charge on any atom is -0.466 e. The molecule has 0 aromatic carbocycles. The predicted molar refractivity (Wildman–Crippen MR) is 59.7 cm³/mol. The summed E-state index contributed by atoms with van der Waals surface area (Å²) in [4.78, 5) is 13.6. The summed E-state index contributed by atoms with van der Waals surface area (Å²) >= 11 is 0. The van der Waals surface area contributed by atoms with Crippen LogP contribution in [0.2, 0.25) is 0 Å². The molecular formula is C11H22N2O2. The minimum atomic E-state index is -0.0946. The Balaban J connectivity index is 2.31. The number of carbonyl (C=O) groups excluding carboxylic acids is 1. The fourth-order valence-corrected chi connectivity index (χ4v) is 1.95. The smallest absolute Gasteiger partial charge is 0.307 e. The molecule has 1 heterocycles. The number of hydrogen-bond acceptors (Lipinski definition) is 4. The van der Waals surface area contributed by atoms with E-state index in [-0.39, 0.29) is 12.0 Å². The molecule has 0 saturated carbocycles. The highest BCUT2D eigenvalue weighted by atomic mass is 16.5. The van der Waals surface area contributed by atoms with Crippen LogP contribution in [0.15, 0.2) is 0 Å². The molecule has 2 atom stereocenters. The van der Waals surface area contributed by atoms with Gasteiger partial charge in [-0.25, -0.2) is 0 Å². The first-order valence-corrected chi connectivity index (χ1v) is 5.73. The van der Waals surface area contributed by atoms with Crippen LogP contribution in [-0.4, -0.2) is 49.7 Å². The van der Waals surface area contributed by atoms with Gasteiger partial charge in [-0.2, -0.15) is 0 Å². The Morgan fingerprint density at radius 3 is 2.93 bits per heavy atom. The van der Waals surface area contributed by atoms with Gasteiger partial charge < -0.3 is 10.1 Å². The maximum absolute atomic E-state index is 11.3. The molecule has 1 N–H and O–H groups in total. The maximum Gasteiger partial charge on any atom is 0.307 e. The number of rotatable bonds is 5. The van der Waals surface area contributed by atoms with E-state index in [1.807, 2.05) is 6.92 Å². The van der Waals surface area contributed by atoms with Crippen LogP contribution in [0, 0.1) is 0 Å². The van der Waals surface area contributed by atoms with Gasteiger partial charge in [-0.15, -0.1) is 0 Å². The van der Waals surface area contributed by atoms with Crippen molar-refractivity contribution in [1.29, 1.82) is 0 Å². The summed E-state index contributed by atoms with van der Waals surface area (Å²) in [6.45, 7) is 6.51. The summed E-state index contributed by atoms with van der Waals surface area (Å²) in [6.07, 6.45) is 1.66. The van der Waals surface area contributed by atoms with E-state index in [4.69, 9.17) is 4.74 Å². The third-order valence-corrected chi connectivity index (χ3v) is 3.07. The lowest BCUT2D eigenvalue weighted by atomic mass is 10.1. The second-order valence-corrected chi connectivity index (χ2v) is 4.17. The molecule has 0 amide bonds. The molecule has 4 heteroatoms. The van der Waals surface area contributed by atoms with E-state index in [0.29, 0.717) is 19.1 Å². The van der Waals surface area contributed by atoms with Gasteiger partial charge in [0.05, 0.1) is 13.0 Å². The molecule has 0 aromatic heterocycles. The number of hydrogen-bond donors (Lipinski definition) is 1. The van der Waals surface area contributed by atoms with Gasteiger partial charge in [0, 0.05) is 18.6 Å². The van der Waals surface area contributed by atoms with Gasteiger partial charge in [0.2, 0.25) is 0 Å². The number of carbonyl (C=O) groups is 1. The molecule has 1 rings (SSSR count). The molecule has 0 spiro atoms. The van der Waals surface area contributed by atoms with Crippen LogP contribution in [0.5, 0.6) is 0 Å². The number of esters is 1. The molecule has 1 aliphatic heterocycles. The summed E-state index contributed by atoms with van der Waals surface area (Å²) in [5.74, 6) is -0.0946. The highest BCUT2D eigenvalue weighted by Gasteiger charge is 2.24. The van der Waals surface area contributed by atoms with Crippen molar-refractivity contribution in [2.24, 2.45) is 0 Å². The van der Waals surface area contributed by atoms with Crippen LogP contribution in [0.4, 0.5) is 0 Å². The Hall–Kier alpha value is -0.610. The monoisotopic (exact) mass is 214 g/mol. The number of ether oxygens (including phenoxy) is 1. The third-order valence-electron chi connectivity index (χ3n) is 3.07. The number of nitrogens with zero attached hydrogens (tertiary/aromatic N) is 1. The van der Waals surface area contributed by atoms with Gasteiger partial charge in [0.25, 0.3) is 0 Å². The standard InChI is InChI=1S/C11H22N2O2/c1-4-15-11(14)7-9(2)13(3)10-5-6-12-8-10/h9-10,12H,4-8H2,1-3H3. The van der Waals surface area contributed by atoms with Crippen molar-refractivity contribution in [3.63, 3.8) is 0 Å². The Morgan fingerprint density at radius 2 is 2.40 bits per heavy atom. The summed E-state index contributed by atoms with van der Waals surface area (Å²) < 4.78 is 4.94. The van der Waals surface area contributed by atoms with Gasteiger partial charge in [0.15, 0.2) is 0 Å². The van der Waals surface area contributed by atoms with Gasteiger partial charge in [-0.1, -0.05) is 0 Å². The highest BCUT2D eigenvalue weighted by Crippen LogP contribution is 2.12. The van der Waals surface area contributed by atoms with E-state index < -0.39 is 0 Å². The predicted octanol–water partition coefficient (Wildman–Crippen LogP) is 0.622. The zero-order valence-corrected chi connectivity index (χ0v) is 9.95. The maximum atomic E-state index is 11.3. The van der Waals surface area contributed by atoms with Gasteiger partial charge in [-0.05, 0) is 33.9 Å². The van der Waals surface area contributed by atoms with Crippen LogP contribution >= 0.6 is 0 Å². The quantitative estimate of drug-likeness (QED) is 0.681. The largest absolute Gasteiger partial charge is 0.466 e. The van der Waals surface area contributed by atoms with Gasteiger partial charge in [0.1, 0.15) is 0 Å². The summed E-state index contributed by atoms with van der Waals surface area (Å²) in [5, 5.41) is 3.33. The molecule has 1 fully saturated rings. The van der Waals surface area contributed by atoms with Crippen molar-refractivity contribution < 1.29 is 9.53 Å². The average molecular weight is 214 g/mol. The Labute approximate surface area is 92.0 Å². The lowest BCUT2D eigenvalue weighted by molar-refractivity contribution is -0.144. The summed E-state index contributed by atoms with van der Waals surface area (Å²) in [7, 11) is 2.08. The Morgan fingerprint density at radius 1 is 1.67 bits per heavy atom. The fourth-order valence-electron chi connectivity index (χ4n) is 1.95. The molecule has 0 radical (unpaired) electrons. The molecule has 4 nitrogen and oxygen atoms in total. The first kappa shape index (κ1) is 12.5. The highest BCUT2D eigenvalue weighted by molar-refractivity contribution is 5.70. The van der Waals surface area contributed by atoms with Crippen molar-refractivity contribution in [3.05, 3.63) is 0 Å². The first-order valence-electron chi connectivity index (χ1n) is 5.73. The SMILES string of the molecule is CCOC(=O)CC(C)N(C)C1CCNC1. The lowest BCUT2D eigenvalue weighted by Crippen LogP contribution is -2.41. The second kappa shape index (κ2) is 6.08. The van der Waals surface area contributed by atoms with Crippen LogP contribution in [0.1, 0.15) is 26.7 Å². The Kier molecular flexibility index (Phi) is 5.05.